The highest BCUT2D eigenvalue weighted by molar-refractivity contribution is 5.97. The van der Waals surface area contributed by atoms with Gasteiger partial charge in [0.15, 0.2) is 6.29 Å². The molecule has 3 rings (SSSR count). The molecule has 0 radical (unpaired) electrons. The number of carbonyl (C=O) groups excluding carboxylic acids is 1. The average molecular weight is 215 g/mol. The lowest BCUT2D eigenvalue weighted by molar-refractivity contribution is 0.112. The third-order valence-corrected chi connectivity index (χ3v) is 3.40. The molecule has 0 aliphatic heterocycles. The lowest BCUT2D eigenvalue weighted by Gasteiger charge is -2.09. The Bertz CT molecular complexity index is 526. The average Bonchev–Trinajstić information content (AvgIpc) is 2.97. The van der Waals surface area contributed by atoms with E-state index in [2.05, 4.69) is 15.0 Å². The van der Waals surface area contributed by atoms with Gasteiger partial charge >= 0.3 is 0 Å². The maximum absolute atomic E-state index is 11.0. The first-order chi connectivity index (χ1) is 7.90. The maximum atomic E-state index is 11.0. The van der Waals surface area contributed by atoms with Crippen LogP contribution in [0.2, 0.25) is 0 Å². The van der Waals surface area contributed by atoms with E-state index in [1.165, 1.54) is 25.7 Å². The summed E-state index contributed by atoms with van der Waals surface area (Å²) < 4.78 is 0. The van der Waals surface area contributed by atoms with Gasteiger partial charge in [-0.2, -0.15) is 0 Å². The number of fused-ring (bicyclic) bond motifs is 1. The van der Waals surface area contributed by atoms with Crippen molar-refractivity contribution in [2.45, 2.75) is 31.6 Å². The summed E-state index contributed by atoms with van der Waals surface area (Å²) in [5, 5.41) is 0.921. The first-order valence-corrected chi connectivity index (χ1v) is 5.67. The number of aromatic nitrogens is 3. The van der Waals surface area contributed by atoms with Crippen LogP contribution in [0, 0.1) is 0 Å². The van der Waals surface area contributed by atoms with Gasteiger partial charge in [-0.1, -0.05) is 12.8 Å². The normalized spacial score (nSPS) is 17.0. The van der Waals surface area contributed by atoms with Crippen LogP contribution in [0.15, 0.2) is 12.5 Å². The minimum Gasteiger partial charge on any atom is -0.345 e. The van der Waals surface area contributed by atoms with Crippen molar-refractivity contribution in [3.63, 3.8) is 0 Å². The van der Waals surface area contributed by atoms with Gasteiger partial charge in [0.05, 0.1) is 11.1 Å². The van der Waals surface area contributed by atoms with E-state index in [0.717, 1.165) is 23.0 Å². The first kappa shape index (κ1) is 9.51. The van der Waals surface area contributed by atoms with Gasteiger partial charge in [0.2, 0.25) is 0 Å². The molecule has 1 saturated carbocycles. The van der Waals surface area contributed by atoms with Crippen molar-refractivity contribution < 1.29 is 4.79 Å². The summed E-state index contributed by atoms with van der Waals surface area (Å²) in [6.07, 6.45) is 9.05. The molecule has 82 valence electrons. The van der Waals surface area contributed by atoms with Gasteiger partial charge in [0.25, 0.3) is 0 Å². The molecule has 1 N–H and O–H groups in total. The quantitative estimate of drug-likeness (QED) is 0.783. The van der Waals surface area contributed by atoms with Crippen LogP contribution in [0.25, 0.3) is 11.0 Å². The summed E-state index contributed by atoms with van der Waals surface area (Å²) in [6.45, 7) is 0. The first-order valence-electron chi connectivity index (χ1n) is 5.67. The molecule has 0 unspecified atom stereocenters. The van der Waals surface area contributed by atoms with Gasteiger partial charge < -0.3 is 4.98 Å². The Morgan fingerprint density at radius 1 is 1.31 bits per heavy atom. The molecule has 0 atom stereocenters. The highest BCUT2D eigenvalue weighted by Crippen LogP contribution is 2.36. The Morgan fingerprint density at radius 2 is 2.12 bits per heavy atom. The van der Waals surface area contributed by atoms with E-state index in [1.807, 2.05) is 0 Å². The molecule has 0 saturated heterocycles. The fraction of sp³-hybridized carbons (Fsp3) is 0.417. The molecule has 2 aromatic rings. The molecular formula is C12H13N3O. The molecule has 0 aromatic carbocycles. The van der Waals surface area contributed by atoms with Crippen molar-refractivity contribution in [2.75, 3.05) is 0 Å². The predicted octanol–water partition coefficient (Wildman–Crippen LogP) is 2.43. The summed E-state index contributed by atoms with van der Waals surface area (Å²) >= 11 is 0. The Kier molecular flexibility index (Phi) is 2.20. The summed E-state index contributed by atoms with van der Waals surface area (Å²) in [5.41, 5.74) is 2.50. The van der Waals surface area contributed by atoms with Crippen LogP contribution in [0.1, 0.15) is 47.7 Å². The molecule has 1 aliphatic carbocycles. The van der Waals surface area contributed by atoms with E-state index >= 15 is 0 Å². The van der Waals surface area contributed by atoms with Crippen LogP contribution in [-0.2, 0) is 0 Å². The molecule has 2 heterocycles. The third kappa shape index (κ3) is 1.33. The van der Waals surface area contributed by atoms with Gasteiger partial charge in [0, 0.05) is 17.7 Å². The number of nitrogens with one attached hydrogen (secondary N) is 1. The molecule has 0 amide bonds. The zero-order chi connectivity index (χ0) is 11.0. The van der Waals surface area contributed by atoms with Gasteiger partial charge in [-0.25, -0.2) is 9.97 Å². The van der Waals surface area contributed by atoms with Crippen molar-refractivity contribution >= 4 is 17.3 Å². The van der Waals surface area contributed by atoms with Crippen LogP contribution in [0.5, 0.6) is 0 Å². The lowest BCUT2D eigenvalue weighted by Crippen LogP contribution is -1.99. The van der Waals surface area contributed by atoms with Crippen molar-refractivity contribution in [2.24, 2.45) is 0 Å². The number of H-pyrrole nitrogens is 1. The predicted molar refractivity (Wildman–Crippen MR) is 60.5 cm³/mol. The number of carbonyl (C=O) groups is 1. The third-order valence-electron chi connectivity index (χ3n) is 3.40. The van der Waals surface area contributed by atoms with Crippen molar-refractivity contribution in [3.05, 3.63) is 23.8 Å². The second-order valence-electron chi connectivity index (χ2n) is 4.33. The fourth-order valence-corrected chi connectivity index (χ4v) is 2.61. The minimum absolute atomic E-state index is 0.500. The monoisotopic (exact) mass is 215 g/mol. The standard InChI is InChI=1S/C12H13N3O/c16-6-9-5-13-12-10(9)11(14-7-15-12)8-3-1-2-4-8/h5-8H,1-4H2,(H,13,14,15). The SMILES string of the molecule is O=Cc1c[nH]c2ncnc(C3CCCC3)c12. The summed E-state index contributed by atoms with van der Waals surface area (Å²) in [6, 6.07) is 0. The highest BCUT2D eigenvalue weighted by atomic mass is 16.1. The largest absolute Gasteiger partial charge is 0.345 e. The number of nitrogens with zero attached hydrogens (tertiary/aromatic N) is 2. The maximum Gasteiger partial charge on any atom is 0.152 e. The Morgan fingerprint density at radius 3 is 2.88 bits per heavy atom. The smallest absolute Gasteiger partial charge is 0.152 e. The summed E-state index contributed by atoms with van der Waals surface area (Å²) in [4.78, 5) is 22.5. The second-order valence-corrected chi connectivity index (χ2v) is 4.33. The highest BCUT2D eigenvalue weighted by Gasteiger charge is 2.22. The Balaban J connectivity index is 2.21. The molecule has 1 aliphatic rings. The van der Waals surface area contributed by atoms with E-state index in [1.54, 1.807) is 12.5 Å². The van der Waals surface area contributed by atoms with Crippen molar-refractivity contribution in [3.8, 4) is 0 Å². The summed E-state index contributed by atoms with van der Waals surface area (Å²) in [7, 11) is 0. The van der Waals surface area contributed by atoms with E-state index in [0.29, 0.717) is 11.5 Å². The van der Waals surface area contributed by atoms with E-state index < -0.39 is 0 Å². The van der Waals surface area contributed by atoms with E-state index in [4.69, 9.17) is 0 Å². The minimum atomic E-state index is 0.500. The fourth-order valence-electron chi connectivity index (χ4n) is 2.61. The van der Waals surface area contributed by atoms with Crippen molar-refractivity contribution in [1.82, 2.24) is 15.0 Å². The molecule has 2 aromatic heterocycles. The van der Waals surface area contributed by atoms with Crippen LogP contribution in [0.3, 0.4) is 0 Å². The Labute approximate surface area is 93.1 Å². The van der Waals surface area contributed by atoms with Crippen LogP contribution < -0.4 is 0 Å². The number of aldehydes is 1. The summed E-state index contributed by atoms with van der Waals surface area (Å²) in [5.74, 6) is 0.500. The van der Waals surface area contributed by atoms with Gasteiger partial charge in [-0.05, 0) is 12.8 Å². The number of aromatic amines is 1. The molecule has 4 nitrogen and oxygen atoms in total. The lowest BCUT2D eigenvalue weighted by atomic mass is 10.00. The second kappa shape index (κ2) is 3.70. The van der Waals surface area contributed by atoms with Gasteiger partial charge in [-0.3, -0.25) is 4.79 Å². The topological polar surface area (TPSA) is 58.6 Å². The molecule has 0 bridgehead atoms. The molecule has 4 heteroatoms. The Hall–Kier alpha value is -1.71. The molecule has 1 fully saturated rings. The van der Waals surface area contributed by atoms with Crippen LogP contribution in [-0.4, -0.2) is 21.2 Å². The number of rotatable bonds is 2. The van der Waals surface area contributed by atoms with E-state index in [9.17, 15) is 4.79 Å². The van der Waals surface area contributed by atoms with E-state index in [-0.39, 0.29) is 0 Å². The zero-order valence-electron chi connectivity index (χ0n) is 8.94. The van der Waals surface area contributed by atoms with Crippen LogP contribution >= 0.6 is 0 Å². The number of hydrogen-bond acceptors (Lipinski definition) is 3. The van der Waals surface area contributed by atoms with Gasteiger partial charge in [-0.15, -0.1) is 0 Å². The van der Waals surface area contributed by atoms with Crippen molar-refractivity contribution in [1.29, 1.82) is 0 Å². The number of hydrogen-bond donors (Lipinski definition) is 1. The van der Waals surface area contributed by atoms with Gasteiger partial charge in [0.1, 0.15) is 12.0 Å². The molecule has 16 heavy (non-hydrogen) atoms. The zero-order valence-corrected chi connectivity index (χ0v) is 8.94. The molecule has 0 spiro atoms. The molecular weight excluding hydrogens is 202 g/mol. The van der Waals surface area contributed by atoms with Crippen LogP contribution in [0.4, 0.5) is 0 Å².